The molecule has 0 radical (unpaired) electrons. The number of aliphatic hydroxyl groups is 1. The van der Waals surface area contributed by atoms with Gasteiger partial charge < -0.3 is 14.6 Å². The number of ether oxygens (including phenoxy) is 2. The van der Waals surface area contributed by atoms with E-state index in [-0.39, 0.29) is 0 Å². The van der Waals surface area contributed by atoms with E-state index in [9.17, 15) is 5.11 Å². The highest BCUT2D eigenvalue weighted by Gasteiger charge is 2.40. The van der Waals surface area contributed by atoms with E-state index in [2.05, 4.69) is 29.6 Å². The molecule has 2 aromatic rings. The highest BCUT2D eigenvalue weighted by atomic mass is 32.1. The Morgan fingerprint density at radius 3 is 2.86 bits per heavy atom. The molecule has 0 bridgehead atoms. The van der Waals surface area contributed by atoms with Crippen LogP contribution in [0.3, 0.4) is 0 Å². The van der Waals surface area contributed by atoms with Crippen LogP contribution in [0.15, 0.2) is 29.6 Å². The Bertz CT molecular complexity index is 581. The summed E-state index contributed by atoms with van der Waals surface area (Å²) in [5, 5.41) is 14.2. The van der Waals surface area contributed by atoms with E-state index in [4.69, 9.17) is 9.47 Å². The maximum Gasteiger partial charge on any atom is 0.0987 e. The maximum absolute atomic E-state index is 10.8. The van der Waals surface area contributed by atoms with E-state index < -0.39 is 11.7 Å². The summed E-state index contributed by atoms with van der Waals surface area (Å²) < 4.78 is 12.7. The molecule has 1 unspecified atom stereocenters. The van der Waals surface area contributed by atoms with Gasteiger partial charge in [-0.2, -0.15) is 0 Å². The normalized spacial score (nSPS) is 19.7. The lowest BCUT2D eigenvalue weighted by Crippen LogP contribution is -2.50. The van der Waals surface area contributed by atoms with E-state index in [1.165, 1.54) is 15.6 Å². The zero-order valence-electron chi connectivity index (χ0n) is 12.4. The van der Waals surface area contributed by atoms with Gasteiger partial charge in [0.25, 0.3) is 0 Å². The molecular formula is C17H22O3S. The SMILES string of the molecule is CCOC1(C(O)Cc2csc3ccccc23)CCOCC1. The van der Waals surface area contributed by atoms with Crippen LogP contribution in [0.4, 0.5) is 0 Å². The molecule has 1 atom stereocenters. The Morgan fingerprint density at radius 2 is 2.10 bits per heavy atom. The summed E-state index contributed by atoms with van der Waals surface area (Å²) in [6.07, 6.45) is 1.69. The Kier molecular flexibility index (Phi) is 4.60. The fourth-order valence-electron chi connectivity index (χ4n) is 3.16. The van der Waals surface area contributed by atoms with Crippen molar-refractivity contribution in [3.8, 4) is 0 Å². The lowest BCUT2D eigenvalue weighted by Gasteiger charge is -2.40. The van der Waals surface area contributed by atoms with Gasteiger partial charge in [-0.15, -0.1) is 11.3 Å². The second-order valence-electron chi connectivity index (χ2n) is 5.59. The third-order valence-corrected chi connectivity index (χ3v) is 5.36. The number of hydrogen-bond acceptors (Lipinski definition) is 4. The summed E-state index contributed by atoms with van der Waals surface area (Å²) in [5.74, 6) is 0. The van der Waals surface area contributed by atoms with Gasteiger partial charge in [0.15, 0.2) is 0 Å². The van der Waals surface area contributed by atoms with Crippen LogP contribution >= 0.6 is 11.3 Å². The number of aliphatic hydroxyl groups excluding tert-OH is 1. The molecule has 0 spiro atoms. The van der Waals surface area contributed by atoms with Crippen LogP contribution in [-0.4, -0.2) is 36.6 Å². The first-order chi connectivity index (χ1) is 10.2. The van der Waals surface area contributed by atoms with Crippen LogP contribution in [-0.2, 0) is 15.9 Å². The third-order valence-electron chi connectivity index (χ3n) is 4.35. The van der Waals surface area contributed by atoms with E-state index in [1.54, 1.807) is 11.3 Å². The molecule has 4 heteroatoms. The molecule has 0 saturated carbocycles. The Labute approximate surface area is 129 Å². The van der Waals surface area contributed by atoms with Crippen molar-refractivity contribution >= 4 is 21.4 Å². The molecule has 1 aromatic carbocycles. The van der Waals surface area contributed by atoms with Crippen molar-refractivity contribution in [2.75, 3.05) is 19.8 Å². The standard InChI is InChI=1S/C17H22O3S/c1-2-20-17(7-9-19-10-8-17)16(18)11-13-12-21-15-6-4-3-5-14(13)15/h3-6,12,16,18H,2,7-11H2,1H3. The van der Waals surface area contributed by atoms with Gasteiger partial charge in [-0.3, -0.25) is 0 Å². The largest absolute Gasteiger partial charge is 0.390 e. The first-order valence-electron chi connectivity index (χ1n) is 7.60. The van der Waals surface area contributed by atoms with E-state index in [0.29, 0.717) is 26.2 Å². The van der Waals surface area contributed by atoms with Crippen LogP contribution in [0.2, 0.25) is 0 Å². The highest BCUT2D eigenvalue weighted by Crippen LogP contribution is 2.33. The molecular weight excluding hydrogens is 284 g/mol. The third kappa shape index (κ3) is 2.99. The van der Waals surface area contributed by atoms with E-state index in [1.807, 2.05) is 6.92 Å². The minimum Gasteiger partial charge on any atom is -0.390 e. The number of fused-ring (bicyclic) bond motifs is 1. The molecule has 114 valence electrons. The summed E-state index contributed by atoms with van der Waals surface area (Å²) >= 11 is 1.74. The minimum atomic E-state index is -0.487. The predicted octanol–water partition coefficient (Wildman–Crippen LogP) is 3.39. The first kappa shape index (κ1) is 15.0. The molecule has 3 rings (SSSR count). The smallest absolute Gasteiger partial charge is 0.0987 e. The predicted molar refractivity (Wildman–Crippen MR) is 85.9 cm³/mol. The highest BCUT2D eigenvalue weighted by molar-refractivity contribution is 7.17. The van der Waals surface area contributed by atoms with Crippen molar-refractivity contribution in [3.05, 3.63) is 35.2 Å². The van der Waals surface area contributed by atoms with Crippen LogP contribution < -0.4 is 0 Å². The van der Waals surface area contributed by atoms with Crippen molar-refractivity contribution in [2.24, 2.45) is 0 Å². The van der Waals surface area contributed by atoms with Gasteiger partial charge in [-0.05, 0) is 29.3 Å². The minimum absolute atomic E-state index is 0.448. The monoisotopic (exact) mass is 306 g/mol. The molecule has 2 heterocycles. The van der Waals surface area contributed by atoms with Crippen LogP contribution in [0, 0.1) is 0 Å². The van der Waals surface area contributed by atoms with Gasteiger partial charge in [-0.25, -0.2) is 0 Å². The Hall–Kier alpha value is -0.940. The molecule has 21 heavy (non-hydrogen) atoms. The summed E-state index contributed by atoms with van der Waals surface area (Å²) in [7, 11) is 0. The second-order valence-corrected chi connectivity index (χ2v) is 6.50. The van der Waals surface area contributed by atoms with Gasteiger partial charge >= 0.3 is 0 Å². The quantitative estimate of drug-likeness (QED) is 0.920. The van der Waals surface area contributed by atoms with Crippen LogP contribution in [0.25, 0.3) is 10.1 Å². The van der Waals surface area contributed by atoms with E-state index >= 15 is 0 Å². The van der Waals surface area contributed by atoms with Gasteiger partial charge in [0, 0.05) is 43.8 Å². The van der Waals surface area contributed by atoms with Gasteiger partial charge in [0.1, 0.15) is 0 Å². The first-order valence-corrected chi connectivity index (χ1v) is 8.48. The molecule has 1 aliphatic heterocycles. The number of hydrogen-bond donors (Lipinski definition) is 1. The van der Waals surface area contributed by atoms with E-state index in [0.717, 1.165) is 12.8 Å². The summed E-state index contributed by atoms with van der Waals surface area (Å²) in [4.78, 5) is 0. The van der Waals surface area contributed by atoms with Crippen molar-refractivity contribution < 1.29 is 14.6 Å². The summed E-state index contributed by atoms with van der Waals surface area (Å²) in [6.45, 7) is 3.95. The number of thiophene rings is 1. The molecule has 0 aliphatic carbocycles. The van der Waals surface area contributed by atoms with Crippen molar-refractivity contribution in [1.29, 1.82) is 0 Å². The Balaban J connectivity index is 1.82. The van der Waals surface area contributed by atoms with Crippen molar-refractivity contribution in [1.82, 2.24) is 0 Å². The van der Waals surface area contributed by atoms with Gasteiger partial charge in [0.2, 0.25) is 0 Å². The van der Waals surface area contributed by atoms with Crippen molar-refractivity contribution in [2.45, 2.75) is 37.9 Å². The average Bonchev–Trinajstić information content (AvgIpc) is 2.92. The molecule has 1 saturated heterocycles. The fourth-order valence-corrected chi connectivity index (χ4v) is 4.14. The molecule has 1 aliphatic rings. The number of benzene rings is 1. The molecule has 1 aromatic heterocycles. The summed E-state index contributed by atoms with van der Waals surface area (Å²) in [5.41, 5.74) is 0.768. The maximum atomic E-state index is 10.8. The average molecular weight is 306 g/mol. The molecule has 0 amide bonds. The zero-order chi connectivity index (χ0) is 14.7. The molecule has 1 N–H and O–H groups in total. The van der Waals surface area contributed by atoms with Gasteiger partial charge in [0.05, 0.1) is 11.7 Å². The molecule has 3 nitrogen and oxygen atoms in total. The lowest BCUT2D eigenvalue weighted by atomic mass is 9.84. The zero-order valence-corrected chi connectivity index (χ0v) is 13.2. The lowest BCUT2D eigenvalue weighted by molar-refractivity contribution is -0.165. The fraction of sp³-hybridized carbons (Fsp3) is 0.529. The second kappa shape index (κ2) is 6.44. The summed E-state index contributed by atoms with van der Waals surface area (Å²) in [6, 6.07) is 8.37. The van der Waals surface area contributed by atoms with Crippen LogP contribution in [0.5, 0.6) is 0 Å². The van der Waals surface area contributed by atoms with Crippen LogP contribution in [0.1, 0.15) is 25.3 Å². The van der Waals surface area contributed by atoms with Crippen molar-refractivity contribution in [3.63, 3.8) is 0 Å². The topological polar surface area (TPSA) is 38.7 Å². The van der Waals surface area contributed by atoms with Gasteiger partial charge in [-0.1, -0.05) is 18.2 Å². The Morgan fingerprint density at radius 1 is 1.33 bits per heavy atom. The number of rotatable bonds is 5. The molecule has 1 fully saturated rings.